The molecule has 0 amide bonds. The quantitative estimate of drug-likeness (QED) is 0.681. The first kappa shape index (κ1) is 18.2. The van der Waals surface area contributed by atoms with Crippen molar-refractivity contribution in [1.82, 2.24) is 25.2 Å². The fourth-order valence-electron chi connectivity index (χ4n) is 3.63. The normalized spacial score (nSPS) is 15.4. The zero-order valence-corrected chi connectivity index (χ0v) is 16.5. The Morgan fingerprint density at radius 3 is 2.78 bits per heavy atom. The van der Waals surface area contributed by atoms with E-state index >= 15 is 0 Å². The molecule has 1 unspecified atom stereocenters. The van der Waals surface area contributed by atoms with Crippen molar-refractivity contribution in [2.45, 2.75) is 38.9 Å². The molecule has 1 aliphatic rings. The molecule has 0 saturated heterocycles. The Morgan fingerprint density at radius 2 is 1.96 bits per heavy atom. The van der Waals surface area contributed by atoms with Crippen LogP contribution in [0.4, 0.5) is 0 Å². The number of fused-ring (bicyclic) bond motifs is 1. The van der Waals surface area contributed by atoms with E-state index in [0.717, 1.165) is 49.7 Å². The molecule has 0 fully saturated rings. The van der Waals surface area contributed by atoms with Crippen molar-refractivity contribution in [1.29, 1.82) is 0 Å². The number of thiazole rings is 1. The van der Waals surface area contributed by atoms with Crippen LogP contribution in [-0.4, -0.2) is 39.0 Å². The molecule has 0 radical (unpaired) electrons. The summed E-state index contributed by atoms with van der Waals surface area (Å²) in [5.41, 5.74) is 4.05. The van der Waals surface area contributed by atoms with Gasteiger partial charge in [0.25, 0.3) is 0 Å². The Morgan fingerprint density at radius 1 is 1.15 bits per heavy atom. The molecule has 0 aliphatic carbocycles. The van der Waals surface area contributed by atoms with Gasteiger partial charge in [0, 0.05) is 50.0 Å². The van der Waals surface area contributed by atoms with Crippen LogP contribution in [0.3, 0.4) is 0 Å². The van der Waals surface area contributed by atoms with Gasteiger partial charge in [-0.15, -0.1) is 11.3 Å². The van der Waals surface area contributed by atoms with Crippen LogP contribution in [0.15, 0.2) is 48.1 Å². The van der Waals surface area contributed by atoms with Crippen LogP contribution in [0.25, 0.3) is 10.8 Å². The van der Waals surface area contributed by atoms with E-state index in [-0.39, 0.29) is 0 Å². The highest BCUT2D eigenvalue weighted by molar-refractivity contribution is 7.13. The molecule has 1 N–H and O–H groups in total. The summed E-state index contributed by atoms with van der Waals surface area (Å²) in [7, 11) is 0. The Bertz CT molecular complexity index is 864. The second kappa shape index (κ2) is 8.69. The smallest absolute Gasteiger partial charge is 0.188 e. The van der Waals surface area contributed by atoms with Gasteiger partial charge in [0.15, 0.2) is 10.8 Å². The van der Waals surface area contributed by atoms with Crippen molar-refractivity contribution in [3.8, 4) is 10.8 Å². The summed E-state index contributed by atoms with van der Waals surface area (Å²) in [6.45, 7) is 6.24. The van der Waals surface area contributed by atoms with Crippen LogP contribution < -0.4 is 5.32 Å². The maximum absolute atomic E-state index is 4.66. The van der Waals surface area contributed by atoms with Gasteiger partial charge in [-0.25, -0.2) is 15.0 Å². The minimum atomic E-state index is 0.550. The first-order valence-corrected chi connectivity index (χ1v) is 10.4. The summed E-state index contributed by atoms with van der Waals surface area (Å²) in [4.78, 5) is 15.8. The molecule has 3 aromatic rings. The number of benzene rings is 1. The highest BCUT2D eigenvalue weighted by atomic mass is 32.1. The zero-order valence-electron chi connectivity index (χ0n) is 15.6. The third kappa shape index (κ3) is 4.40. The van der Waals surface area contributed by atoms with E-state index in [1.807, 2.05) is 6.07 Å². The lowest BCUT2D eigenvalue weighted by molar-refractivity contribution is 0.169. The second-order valence-electron chi connectivity index (χ2n) is 6.90. The van der Waals surface area contributed by atoms with Crippen molar-refractivity contribution in [3.63, 3.8) is 0 Å². The summed E-state index contributed by atoms with van der Waals surface area (Å²) in [6.07, 6.45) is 5.81. The van der Waals surface area contributed by atoms with Crippen LogP contribution in [0.5, 0.6) is 0 Å². The Kier molecular flexibility index (Phi) is 5.87. The number of hydrogen-bond donors (Lipinski definition) is 1. The van der Waals surface area contributed by atoms with Gasteiger partial charge in [-0.1, -0.05) is 31.2 Å². The molecule has 2 aromatic heterocycles. The highest BCUT2D eigenvalue weighted by Gasteiger charge is 2.22. The van der Waals surface area contributed by atoms with Crippen molar-refractivity contribution < 1.29 is 0 Å². The van der Waals surface area contributed by atoms with Crippen LogP contribution in [0.2, 0.25) is 0 Å². The van der Waals surface area contributed by atoms with Crippen molar-refractivity contribution in [2.75, 3.05) is 13.1 Å². The molecule has 0 bridgehead atoms. The molecule has 0 saturated carbocycles. The van der Waals surface area contributed by atoms with E-state index < -0.39 is 0 Å². The third-order valence-corrected chi connectivity index (χ3v) is 6.03. The molecule has 4 rings (SSSR count). The Labute approximate surface area is 164 Å². The standard InChI is InChI=1S/C21H25N5S/c1-2-19(26-11-8-16-6-3-4-7-17(16)14-26)13-22-12-18-15-27-21(25-18)20-23-9-5-10-24-20/h3-7,9-10,15,19,22H,2,8,11-14H2,1H3. The van der Waals surface area contributed by atoms with E-state index in [2.05, 4.69) is 61.7 Å². The van der Waals surface area contributed by atoms with Crippen LogP contribution in [0, 0.1) is 0 Å². The predicted molar refractivity (Wildman–Crippen MR) is 109 cm³/mol. The van der Waals surface area contributed by atoms with Crippen LogP contribution in [0.1, 0.15) is 30.2 Å². The summed E-state index contributed by atoms with van der Waals surface area (Å²) >= 11 is 1.60. The summed E-state index contributed by atoms with van der Waals surface area (Å²) in [5, 5.41) is 6.58. The summed E-state index contributed by atoms with van der Waals surface area (Å²) < 4.78 is 0. The van der Waals surface area contributed by atoms with E-state index in [1.54, 1.807) is 23.7 Å². The lowest BCUT2D eigenvalue weighted by Gasteiger charge is -2.35. The molecule has 3 heterocycles. The summed E-state index contributed by atoms with van der Waals surface area (Å²) in [5.74, 6) is 0.701. The molecule has 6 heteroatoms. The molecular formula is C21H25N5S. The third-order valence-electron chi connectivity index (χ3n) is 5.14. The van der Waals surface area contributed by atoms with Gasteiger partial charge >= 0.3 is 0 Å². The Hall–Kier alpha value is -2.15. The average Bonchev–Trinajstić information content (AvgIpc) is 3.20. The van der Waals surface area contributed by atoms with Gasteiger partial charge in [-0.3, -0.25) is 4.90 Å². The van der Waals surface area contributed by atoms with Crippen molar-refractivity contribution >= 4 is 11.3 Å². The van der Waals surface area contributed by atoms with E-state index in [9.17, 15) is 0 Å². The molecule has 1 atom stereocenters. The fourth-order valence-corrected chi connectivity index (χ4v) is 4.39. The number of nitrogens with one attached hydrogen (secondary N) is 1. The summed E-state index contributed by atoms with van der Waals surface area (Å²) in [6, 6.07) is 11.2. The Balaban J connectivity index is 1.31. The maximum Gasteiger partial charge on any atom is 0.188 e. The van der Waals surface area contributed by atoms with Crippen molar-refractivity contribution in [3.05, 3.63) is 64.9 Å². The fraction of sp³-hybridized carbons (Fsp3) is 0.381. The number of rotatable bonds is 7. The van der Waals surface area contributed by atoms with Gasteiger partial charge < -0.3 is 5.32 Å². The van der Waals surface area contributed by atoms with E-state index in [0.29, 0.717) is 11.9 Å². The number of hydrogen-bond acceptors (Lipinski definition) is 6. The zero-order chi connectivity index (χ0) is 18.5. The van der Waals surface area contributed by atoms with Crippen LogP contribution >= 0.6 is 11.3 Å². The monoisotopic (exact) mass is 379 g/mol. The molecule has 0 spiro atoms. The molecule has 1 aliphatic heterocycles. The lowest BCUT2D eigenvalue weighted by Crippen LogP contribution is -2.44. The molecular weight excluding hydrogens is 354 g/mol. The van der Waals surface area contributed by atoms with Crippen molar-refractivity contribution in [2.24, 2.45) is 0 Å². The van der Waals surface area contributed by atoms with Gasteiger partial charge in [0.05, 0.1) is 5.69 Å². The minimum Gasteiger partial charge on any atom is -0.310 e. The SMILES string of the molecule is CCC(CNCc1csc(-c2ncccn2)n1)N1CCc2ccccc2C1. The number of aromatic nitrogens is 3. The molecule has 27 heavy (non-hydrogen) atoms. The van der Waals surface area contributed by atoms with Crippen LogP contribution in [-0.2, 0) is 19.5 Å². The predicted octanol–water partition coefficient (Wildman–Crippen LogP) is 3.53. The molecule has 140 valence electrons. The van der Waals surface area contributed by atoms with Gasteiger partial charge in [0.1, 0.15) is 0 Å². The minimum absolute atomic E-state index is 0.550. The topological polar surface area (TPSA) is 53.9 Å². The highest BCUT2D eigenvalue weighted by Crippen LogP contribution is 2.22. The first-order chi connectivity index (χ1) is 13.3. The number of nitrogens with zero attached hydrogens (tertiary/aromatic N) is 4. The first-order valence-electron chi connectivity index (χ1n) is 9.57. The van der Waals surface area contributed by atoms with E-state index in [1.165, 1.54) is 11.1 Å². The molecule has 5 nitrogen and oxygen atoms in total. The lowest BCUT2D eigenvalue weighted by atomic mass is 9.98. The van der Waals surface area contributed by atoms with Gasteiger partial charge in [0.2, 0.25) is 0 Å². The maximum atomic E-state index is 4.66. The largest absolute Gasteiger partial charge is 0.310 e. The van der Waals surface area contributed by atoms with Gasteiger partial charge in [-0.2, -0.15) is 0 Å². The van der Waals surface area contributed by atoms with E-state index in [4.69, 9.17) is 0 Å². The second-order valence-corrected chi connectivity index (χ2v) is 7.76. The average molecular weight is 380 g/mol. The van der Waals surface area contributed by atoms with Gasteiger partial charge in [-0.05, 0) is 30.0 Å². The molecule has 1 aromatic carbocycles.